The Morgan fingerprint density at radius 2 is 1.88 bits per heavy atom. The molecule has 0 heterocycles. The first-order valence-corrected chi connectivity index (χ1v) is 6.34. The predicted octanol–water partition coefficient (Wildman–Crippen LogP) is 4.04. The normalized spacial score (nSPS) is 17.8. The van der Waals surface area contributed by atoms with Crippen molar-refractivity contribution in [2.24, 2.45) is 5.92 Å². The number of rotatable bonds is 5. The third-order valence-electron chi connectivity index (χ3n) is 3.14. The van der Waals surface area contributed by atoms with Gasteiger partial charge in [0.05, 0.1) is 6.61 Å². The molecule has 0 radical (unpaired) electrons. The largest absolute Gasteiger partial charge is 0.380 e. The quantitative estimate of drug-likeness (QED) is 0.752. The van der Waals surface area contributed by atoms with E-state index in [1.165, 1.54) is 18.4 Å². The lowest BCUT2D eigenvalue weighted by atomic mass is 9.97. The Morgan fingerprint density at radius 1 is 1.25 bits per heavy atom. The van der Waals surface area contributed by atoms with E-state index in [2.05, 4.69) is 26.0 Å². The minimum atomic E-state index is 0.291. The number of hydrogen-bond acceptors (Lipinski definition) is 1. The molecule has 0 spiro atoms. The van der Waals surface area contributed by atoms with Crippen molar-refractivity contribution in [2.45, 2.75) is 32.1 Å². The predicted molar refractivity (Wildman–Crippen MR) is 68.0 cm³/mol. The summed E-state index contributed by atoms with van der Waals surface area (Å²) >= 11 is 5.90. The summed E-state index contributed by atoms with van der Waals surface area (Å²) < 4.78 is 5.77. The third kappa shape index (κ3) is 2.78. The van der Waals surface area contributed by atoms with Gasteiger partial charge in [-0.3, -0.25) is 0 Å². The number of benzene rings is 1. The molecule has 2 heteroatoms. The van der Waals surface area contributed by atoms with Crippen LogP contribution in [-0.4, -0.2) is 13.2 Å². The maximum absolute atomic E-state index is 5.90. The van der Waals surface area contributed by atoms with E-state index in [9.17, 15) is 0 Å². The van der Waals surface area contributed by atoms with E-state index >= 15 is 0 Å². The smallest absolute Gasteiger partial charge is 0.0563 e. The highest BCUT2D eigenvalue weighted by molar-refractivity contribution is 6.30. The molecular formula is C14H19ClO. The second-order valence-corrected chi connectivity index (χ2v) is 5.63. The zero-order valence-electron chi connectivity index (χ0n) is 10.0. The van der Waals surface area contributed by atoms with Gasteiger partial charge in [-0.2, -0.15) is 0 Å². The molecule has 0 amide bonds. The molecule has 0 atom stereocenters. The second kappa shape index (κ2) is 4.77. The number of hydrogen-bond donors (Lipinski definition) is 0. The lowest BCUT2D eigenvalue weighted by Gasteiger charge is -2.17. The van der Waals surface area contributed by atoms with Crippen LogP contribution in [0.5, 0.6) is 0 Å². The zero-order valence-corrected chi connectivity index (χ0v) is 10.8. The summed E-state index contributed by atoms with van der Waals surface area (Å²) in [7, 11) is 0. The lowest BCUT2D eigenvalue weighted by molar-refractivity contribution is 0.0915. The molecule has 16 heavy (non-hydrogen) atoms. The number of ether oxygens (including phenoxy) is 1. The van der Waals surface area contributed by atoms with E-state index in [1.807, 2.05) is 12.1 Å². The van der Waals surface area contributed by atoms with Crippen LogP contribution >= 0.6 is 11.6 Å². The Bertz CT molecular complexity index is 338. The van der Waals surface area contributed by atoms with Gasteiger partial charge in [0, 0.05) is 17.0 Å². The molecule has 0 aliphatic heterocycles. The van der Waals surface area contributed by atoms with Crippen LogP contribution in [0.3, 0.4) is 0 Å². The molecule has 1 aromatic carbocycles. The SMILES string of the molecule is CC(C)COCC1(c2ccc(Cl)cc2)CC1. The first-order valence-electron chi connectivity index (χ1n) is 5.96. The van der Waals surface area contributed by atoms with Gasteiger partial charge in [0.2, 0.25) is 0 Å². The van der Waals surface area contributed by atoms with Crippen molar-refractivity contribution in [3.8, 4) is 0 Å². The molecule has 0 aromatic heterocycles. The molecule has 1 saturated carbocycles. The summed E-state index contributed by atoms with van der Waals surface area (Å²) in [6, 6.07) is 8.21. The van der Waals surface area contributed by atoms with Crippen molar-refractivity contribution >= 4 is 11.6 Å². The van der Waals surface area contributed by atoms with Crippen LogP contribution in [0.2, 0.25) is 5.02 Å². The van der Waals surface area contributed by atoms with E-state index in [0.717, 1.165) is 18.2 Å². The molecule has 0 bridgehead atoms. The fourth-order valence-corrected chi connectivity index (χ4v) is 2.09. The topological polar surface area (TPSA) is 9.23 Å². The first kappa shape index (κ1) is 11.9. The summed E-state index contributed by atoms with van der Waals surface area (Å²) in [5, 5.41) is 0.808. The van der Waals surface area contributed by atoms with Gasteiger partial charge in [-0.05, 0) is 36.5 Å². The van der Waals surface area contributed by atoms with Gasteiger partial charge in [-0.15, -0.1) is 0 Å². The third-order valence-corrected chi connectivity index (χ3v) is 3.39. The Morgan fingerprint density at radius 3 is 2.38 bits per heavy atom. The Balaban J connectivity index is 1.95. The molecule has 0 N–H and O–H groups in total. The Kier molecular flexibility index (Phi) is 3.56. The van der Waals surface area contributed by atoms with Crippen molar-refractivity contribution < 1.29 is 4.74 Å². The Labute approximate surface area is 103 Å². The molecule has 0 unspecified atom stereocenters. The average Bonchev–Trinajstić information content (AvgIpc) is 2.99. The van der Waals surface area contributed by atoms with E-state index < -0.39 is 0 Å². The van der Waals surface area contributed by atoms with Gasteiger partial charge in [-0.1, -0.05) is 37.6 Å². The molecule has 0 saturated heterocycles. The van der Waals surface area contributed by atoms with Crippen LogP contribution in [-0.2, 0) is 10.2 Å². The summed E-state index contributed by atoms with van der Waals surface area (Å²) in [4.78, 5) is 0. The summed E-state index contributed by atoms with van der Waals surface area (Å²) in [6.07, 6.45) is 2.49. The maximum Gasteiger partial charge on any atom is 0.0563 e. The summed E-state index contributed by atoms with van der Waals surface area (Å²) in [5.74, 6) is 0.612. The first-order chi connectivity index (χ1) is 7.62. The van der Waals surface area contributed by atoms with Crippen molar-refractivity contribution in [3.63, 3.8) is 0 Å². The molecule has 88 valence electrons. The lowest BCUT2D eigenvalue weighted by Crippen LogP contribution is -2.17. The fraction of sp³-hybridized carbons (Fsp3) is 0.571. The van der Waals surface area contributed by atoms with Gasteiger partial charge in [-0.25, -0.2) is 0 Å². The highest BCUT2D eigenvalue weighted by Crippen LogP contribution is 2.48. The van der Waals surface area contributed by atoms with Gasteiger partial charge in [0.1, 0.15) is 0 Å². The second-order valence-electron chi connectivity index (χ2n) is 5.20. The number of halogens is 1. The van der Waals surface area contributed by atoms with Crippen molar-refractivity contribution in [3.05, 3.63) is 34.9 Å². The van der Waals surface area contributed by atoms with Crippen molar-refractivity contribution in [2.75, 3.05) is 13.2 Å². The van der Waals surface area contributed by atoms with Crippen LogP contribution < -0.4 is 0 Å². The molecular weight excluding hydrogens is 220 g/mol. The van der Waals surface area contributed by atoms with E-state index in [1.54, 1.807) is 0 Å². The van der Waals surface area contributed by atoms with E-state index in [4.69, 9.17) is 16.3 Å². The van der Waals surface area contributed by atoms with E-state index in [0.29, 0.717) is 11.3 Å². The van der Waals surface area contributed by atoms with Crippen LogP contribution in [0.25, 0.3) is 0 Å². The van der Waals surface area contributed by atoms with Gasteiger partial charge >= 0.3 is 0 Å². The van der Waals surface area contributed by atoms with Gasteiger partial charge in [0.15, 0.2) is 0 Å². The molecule has 1 aromatic rings. The van der Waals surface area contributed by atoms with Crippen LogP contribution in [0.15, 0.2) is 24.3 Å². The molecule has 2 rings (SSSR count). The highest BCUT2D eigenvalue weighted by atomic mass is 35.5. The highest BCUT2D eigenvalue weighted by Gasteiger charge is 2.44. The maximum atomic E-state index is 5.90. The zero-order chi connectivity index (χ0) is 11.6. The van der Waals surface area contributed by atoms with Crippen molar-refractivity contribution in [1.29, 1.82) is 0 Å². The van der Waals surface area contributed by atoms with Crippen molar-refractivity contribution in [1.82, 2.24) is 0 Å². The van der Waals surface area contributed by atoms with Crippen LogP contribution in [0, 0.1) is 5.92 Å². The summed E-state index contributed by atoms with van der Waals surface area (Å²) in [5.41, 5.74) is 1.67. The molecule has 1 fully saturated rings. The monoisotopic (exact) mass is 238 g/mol. The van der Waals surface area contributed by atoms with Crippen LogP contribution in [0.4, 0.5) is 0 Å². The van der Waals surface area contributed by atoms with Crippen LogP contribution in [0.1, 0.15) is 32.3 Å². The standard InChI is InChI=1S/C14H19ClO/c1-11(2)9-16-10-14(7-8-14)12-3-5-13(15)6-4-12/h3-6,11H,7-10H2,1-2H3. The molecule has 1 nitrogen and oxygen atoms in total. The summed E-state index contributed by atoms with van der Waals surface area (Å²) in [6.45, 7) is 6.08. The van der Waals surface area contributed by atoms with E-state index in [-0.39, 0.29) is 0 Å². The minimum absolute atomic E-state index is 0.291. The molecule has 1 aliphatic rings. The fourth-order valence-electron chi connectivity index (χ4n) is 1.96. The van der Waals surface area contributed by atoms with Gasteiger partial charge in [0.25, 0.3) is 0 Å². The Hall–Kier alpha value is -0.530. The molecule has 1 aliphatic carbocycles. The minimum Gasteiger partial charge on any atom is -0.380 e. The average molecular weight is 239 g/mol. The van der Waals surface area contributed by atoms with Gasteiger partial charge < -0.3 is 4.74 Å².